The molecular weight excluding hydrogens is 154 g/mol. The molecule has 2 N–H and O–H groups in total. The van der Waals surface area contributed by atoms with Crippen LogP contribution in [0.1, 0.15) is 32.1 Å². The smallest absolute Gasteiger partial charge is 0.0823 e. The first-order valence-electron chi connectivity index (χ1n) is 4.58. The van der Waals surface area contributed by atoms with E-state index in [0.717, 1.165) is 38.2 Å². The summed E-state index contributed by atoms with van der Waals surface area (Å²) in [6.45, 7) is 1.56. The summed E-state index contributed by atoms with van der Waals surface area (Å²) in [5.74, 6) is 0. The highest BCUT2D eigenvalue weighted by atomic mass is 17.2. The van der Waals surface area contributed by atoms with Crippen molar-refractivity contribution in [3.63, 3.8) is 0 Å². The Kier molecular flexibility index (Phi) is 4.80. The second-order valence-electron chi connectivity index (χ2n) is 3.02. The van der Waals surface area contributed by atoms with Crippen LogP contribution >= 0.6 is 0 Å². The summed E-state index contributed by atoms with van der Waals surface area (Å²) in [4.78, 5) is 9.14. The molecule has 1 fully saturated rings. The summed E-state index contributed by atoms with van der Waals surface area (Å²) in [6, 6.07) is 0. The molecule has 3 nitrogen and oxygen atoms in total. The van der Waals surface area contributed by atoms with E-state index in [-0.39, 0.29) is 0 Å². The molecule has 3 heteroatoms. The molecular formula is C9H17NO2. The Balaban J connectivity index is 0.000000120. The maximum atomic E-state index is 5.40. The molecule has 0 aromatic heterocycles. The van der Waals surface area contributed by atoms with Gasteiger partial charge in [-0.25, -0.2) is 9.78 Å². The van der Waals surface area contributed by atoms with E-state index in [9.17, 15) is 0 Å². The Morgan fingerprint density at radius 3 is 1.92 bits per heavy atom. The lowest BCUT2D eigenvalue weighted by Gasteiger charge is -2.07. The van der Waals surface area contributed by atoms with Gasteiger partial charge in [0.2, 0.25) is 0 Å². The quantitative estimate of drug-likeness (QED) is 0.565. The third kappa shape index (κ3) is 4.36. The molecule has 1 saturated heterocycles. The first-order valence-corrected chi connectivity index (χ1v) is 4.58. The van der Waals surface area contributed by atoms with Crippen molar-refractivity contribution in [3.8, 4) is 0 Å². The zero-order valence-corrected chi connectivity index (χ0v) is 7.42. The molecule has 1 heterocycles. The van der Waals surface area contributed by atoms with Crippen LogP contribution in [0.5, 0.6) is 0 Å². The first kappa shape index (κ1) is 9.55. The molecule has 0 aromatic carbocycles. The van der Waals surface area contributed by atoms with Gasteiger partial charge in [0.15, 0.2) is 0 Å². The molecule has 0 aromatic rings. The molecule has 0 bridgehead atoms. The van der Waals surface area contributed by atoms with Crippen molar-refractivity contribution in [2.24, 2.45) is 5.73 Å². The van der Waals surface area contributed by atoms with Crippen LogP contribution in [0.4, 0.5) is 0 Å². The Labute approximate surface area is 73.5 Å². The summed E-state index contributed by atoms with van der Waals surface area (Å²) in [6.07, 6.45) is 8.00. The topological polar surface area (TPSA) is 44.5 Å². The van der Waals surface area contributed by atoms with Crippen LogP contribution in [0.15, 0.2) is 11.8 Å². The number of hydrogen-bond acceptors (Lipinski definition) is 3. The van der Waals surface area contributed by atoms with Crippen LogP contribution in [0.3, 0.4) is 0 Å². The van der Waals surface area contributed by atoms with Gasteiger partial charge >= 0.3 is 0 Å². The van der Waals surface area contributed by atoms with Crippen molar-refractivity contribution in [2.75, 3.05) is 13.2 Å². The van der Waals surface area contributed by atoms with Crippen molar-refractivity contribution in [1.82, 2.24) is 0 Å². The van der Waals surface area contributed by atoms with E-state index in [1.165, 1.54) is 12.8 Å². The molecule has 1 aliphatic heterocycles. The van der Waals surface area contributed by atoms with E-state index >= 15 is 0 Å². The van der Waals surface area contributed by atoms with E-state index < -0.39 is 0 Å². The molecule has 0 amide bonds. The maximum Gasteiger partial charge on any atom is 0.0823 e. The van der Waals surface area contributed by atoms with Gasteiger partial charge in [0.25, 0.3) is 0 Å². The largest absolute Gasteiger partial charge is 0.402 e. The Bertz CT molecular complexity index is 130. The van der Waals surface area contributed by atoms with Crippen molar-refractivity contribution >= 4 is 0 Å². The molecule has 2 aliphatic rings. The van der Waals surface area contributed by atoms with Gasteiger partial charge in [-0.15, -0.1) is 0 Å². The van der Waals surface area contributed by atoms with E-state index in [1.54, 1.807) is 0 Å². The predicted molar refractivity (Wildman–Crippen MR) is 47.3 cm³/mol. The van der Waals surface area contributed by atoms with Crippen LogP contribution in [0.25, 0.3) is 0 Å². The van der Waals surface area contributed by atoms with Crippen LogP contribution in [0, 0.1) is 0 Å². The molecule has 70 valence electrons. The highest BCUT2D eigenvalue weighted by Gasteiger charge is 1.96. The van der Waals surface area contributed by atoms with Gasteiger partial charge in [0.05, 0.1) is 13.2 Å². The third-order valence-electron chi connectivity index (χ3n) is 1.86. The number of nitrogens with two attached hydrogens (primary N) is 1. The van der Waals surface area contributed by atoms with E-state index in [4.69, 9.17) is 5.73 Å². The highest BCUT2D eigenvalue weighted by Crippen LogP contribution is 2.11. The van der Waals surface area contributed by atoms with Gasteiger partial charge in [-0.1, -0.05) is 6.08 Å². The molecule has 0 unspecified atom stereocenters. The third-order valence-corrected chi connectivity index (χ3v) is 1.86. The van der Waals surface area contributed by atoms with Gasteiger partial charge in [0.1, 0.15) is 0 Å². The second kappa shape index (κ2) is 6.03. The molecule has 1 aliphatic carbocycles. The van der Waals surface area contributed by atoms with Crippen LogP contribution in [-0.2, 0) is 9.78 Å². The van der Waals surface area contributed by atoms with Crippen molar-refractivity contribution < 1.29 is 9.78 Å². The normalized spacial score (nSPS) is 22.5. The fourth-order valence-electron chi connectivity index (χ4n) is 1.14. The van der Waals surface area contributed by atoms with E-state index in [2.05, 4.69) is 15.9 Å². The minimum Gasteiger partial charge on any atom is -0.402 e. The Hall–Kier alpha value is -0.540. The first-order chi connectivity index (χ1) is 5.89. The fourth-order valence-corrected chi connectivity index (χ4v) is 1.14. The van der Waals surface area contributed by atoms with Gasteiger partial charge in [0, 0.05) is 5.70 Å². The van der Waals surface area contributed by atoms with Crippen LogP contribution < -0.4 is 5.73 Å². The summed E-state index contributed by atoms with van der Waals surface area (Å²) < 4.78 is 0. The summed E-state index contributed by atoms with van der Waals surface area (Å²) in [5, 5.41) is 0. The maximum absolute atomic E-state index is 5.40. The SMILES string of the molecule is C1CCOOC1.NC1=CCCC1. The molecule has 0 saturated carbocycles. The van der Waals surface area contributed by atoms with Gasteiger partial charge in [-0.05, 0) is 32.1 Å². The highest BCUT2D eigenvalue weighted by molar-refractivity contribution is 5.01. The van der Waals surface area contributed by atoms with Crippen molar-refractivity contribution in [2.45, 2.75) is 32.1 Å². The Morgan fingerprint density at radius 2 is 1.75 bits per heavy atom. The van der Waals surface area contributed by atoms with E-state index in [1.807, 2.05) is 0 Å². The second-order valence-corrected chi connectivity index (χ2v) is 3.02. The summed E-state index contributed by atoms with van der Waals surface area (Å²) in [5.41, 5.74) is 6.47. The minimum atomic E-state index is 0.778. The van der Waals surface area contributed by atoms with Crippen molar-refractivity contribution in [3.05, 3.63) is 11.8 Å². The van der Waals surface area contributed by atoms with Crippen LogP contribution in [-0.4, -0.2) is 13.2 Å². The van der Waals surface area contributed by atoms with Gasteiger partial charge < -0.3 is 5.73 Å². The van der Waals surface area contributed by atoms with Crippen LogP contribution in [0.2, 0.25) is 0 Å². The lowest BCUT2D eigenvalue weighted by molar-refractivity contribution is -0.312. The molecule has 0 atom stereocenters. The average molecular weight is 171 g/mol. The van der Waals surface area contributed by atoms with E-state index in [0.29, 0.717) is 0 Å². The minimum absolute atomic E-state index is 0.778. The Morgan fingerprint density at radius 1 is 1.08 bits per heavy atom. The predicted octanol–water partition coefficient (Wildman–Crippen LogP) is 1.74. The monoisotopic (exact) mass is 171 g/mol. The standard InChI is InChI=1S/C5H9N.C4H8O2/c6-5-3-1-2-4-5;1-2-4-6-5-3-1/h3H,1-2,4,6H2;1-4H2. The number of rotatable bonds is 0. The fraction of sp³-hybridized carbons (Fsp3) is 0.778. The zero-order valence-electron chi connectivity index (χ0n) is 7.42. The number of hydrogen-bond donors (Lipinski definition) is 1. The lowest BCUT2D eigenvalue weighted by Crippen LogP contribution is -2.05. The molecule has 12 heavy (non-hydrogen) atoms. The van der Waals surface area contributed by atoms with Gasteiger partial charge in [-0.3, -0.25) is 0 Å². The zero-order chi connectivity index (χ0) is 8.65. The van der Waals surface area contributed by atoms with Crippen molar-refractivity contribution in [1.29, 1.82) is 0 Å². The number of allylic oxidation sites excluding steroid dienone is 2. The summed E-state index contributed by atoms with van der Waals surface area (Å²) >= 11 is 0. The van der Waals surface area contributed by atoms with Gasteiger partial charge in [-0.2, -0.15) is 0 Å². The molecule has 0 spiro atoms. The summed E-state index contributed by atoms with van der Waals surface area (Å²) in [7, 11) is 0. The molecule has 0 radical (unpaired) electrons. The molecule has 2 rings (SSSR count). The average Bonchev–Trinajstić information content (AvgIpc) is 2.60. The lowest BCUT2D eigenvalue weighted by atomic mass is 10.3.